The van der Waals surface area contributed by atoms with Gasteiger partial charge in [0.1, 0.15) is 17.1 Å². The molecule has 0 radical (unpaired) electrons. The van der Waals surface area contributed by atoms with E-state index in [4.69, 9.17) is 4.74 Å². The fourth-order valence-corrected chi connectivity index (χ4v) is 2.91. The largest absolute Gasteiger partial charge is 0.494 e. The Kier molecular flexibility index (Phi) is 6.76. The molecule has 158 valence electrons. The highest BCUT2D eigenvalue weighted by molar-refractivity contribution is 5.63. The molecule has 30 heavy (non-hydrogen) atoms. The zero-order valence-electron chi connectivity index (χ0n) is 16.8. The predicted octanol–water partition coefficient (Wildman–Crippen LogP) is 6.33. The molecule has 0 aliphatic rings. The minimum absolute atomic E-state index is 0.0550. The number of nitrogens with one attached hydrogen (secondary N) is 2. The van der Waals surface area contributed by atoms with Gasteiger partial charge in [-0.25, -0.2) is 4.98 Å². The molecule has 0 saturated heterocycles. The maximum absolute atomic E-state index is 13.5. The zero-order chi connectivity index (χ0) is 21.6. The molecule has 5 nitrogen and oxygen atoms in total. The van der Waals surface area contributed by atoms with E-state index in [2.05, 4.69) is 20.6 Å². The Labute approximate surface area is 173 Å². The summed E-state index contributed by atoms with van der Waals surface area (Å²) >= 11 is 0. The second kappa shape index (κ2) is 9.47. The normalized spacial score (nSPS) is 11.2. The monoisotopic (exact) mass is 416 g/mol. The zero-order valence-corrected chi connectivity index (χ0v) is 16.8. The first kappa shape index (κ1) is 21.4. The van der Waals surface area contributed by atoms with Crippen molar-refractivity contribution in [2.75, 3.05) is 17.2 Å². The first-order chi connectivity index (χ1) is 14.4. The van der Waals surface area contributed by atoms with Gasteiger partial charge in [-0.2, -0.15) is 18.2 Å². The Bertz CT molecular complexity index is 975. The SMILES string of the molecule is CCCc1cccc(Nc2nc(Nc3ccc(OCC)cc3)ncc2C(F)(F)F)c1. The van der Waals surface area contributed by atoms with Crippen LogP contribution in [0.4, 0.5) is 36.3 Å². The van der Waals surface area contributed by atoms with Gasteiger partial charge in [0.25, 0.3) is 0 Å². The Morgan fingerprint density at radius 3 is 2.40 bits per heavy atom. The second-order valence-corrected chi connectivity index (χ2v) is 6.61. The van der Waals surface area contributed by atoms with Crippen LogP contribution in [0, 0.1) is 0 Å². The van der Waals surface area contributed by atoms with Gasteiger partial charge in [-0.3, -0.25) is 0 Å². The van der Waals surface area contributed by atoms with Crippen LogP contribution in [-0.4, -0.2) is 16.6 Å². The number of rotatable bonds is 8. The van der Waals surface area contributed by atoms with Crippen molar-refractivity contribution >= 4 is 23.1 Å². The summed E-state index contributed by atoms with van der Waals surface area (Å²) in [6.07, 6.45) is -2.01. The summed E-state index contributed by atoms with van der Waals surface area (Å²) in [7, 11) is 0. The molecule has 3 rings (SSSR count). The summed E-state index contributed by atoms with van der Waals surface area (Å²) in [5.74, 6) is 0.449. The molecule has 0 saturated carbocycles. The van der Waals surface area contributed by atoms with Crippen molar-refractivity contribution in [2.45, 2.75) is 32.9 Å². The molecule has 2 aromatic carbocycles. The number of aryl methyl sites for hydroxylation is 1. The van der Waals surface area contributed by atoms with E-state index in [-0.39, 0.29) is 11.8 Å². The number of ether oxygens (including phenoxy) is 1. The molecule has 0 atom stereocenters. The van der Waals surface area contributed by atoms with Crippen LogP contribution in [0.15, 0.2) is 54.7 Å². The summed E-state index contributed by atoms with van der Waals surface area (Å²) in [5, 5.41) is 5.72. The Balaban J connectivity index is 1.87. The van der Waals surface area contributed by atoms with Crippen molar-refractivity contribution < 1.29 is 17.9 Å². The number of anilines is 4. The van der Waals surface area contributed by atoms with E-state index >= 15 is 0 Å². The van der Waals surface area contributed by atoms with Crippen LogP contribution < -0.4 is 15.4 Å². The average Bonchev–Trinajstić information content (AvgIpc) is 2.70. The van der Waals surface area contributed by atoms with Gasteiger partial charge in [-0.1, -0.05) is 25.5 Å². The van der Waals surface area contributed by atoms with E-state index in [1.54, 1.807) is 36.4 Å². The Morgan fingerprint density at radius 1 is 0.967 bits per heavy atom. The van der Waals surface area contributed by atoms with Crippen molar-refractivity contribution in [1.29, 1.82) is 0 Å². The first-order valence-corrected chi connectivity index (χ1v) is 9.69. The Morgan fingerprint density at radius 2 is 1.73 bits per heavy atom. The molecular weight excluding hydrogens is 393 g/mol. The third-order valence-electron chi connectivity index (χ3n) is 4.24. The molecule has 3 aromatic rings. The van der Waals surface area contributed by atoms with Crippen LogP contribution in [0.2, 0.25) is 0 Å². The van der Waals surface area contributed by atoms with Gasteiger partial charge in [-0.05, 0) is 55.3 Å². The first-order valence-electron chi connectivity index (χ1n) is 9.69. The van der Waals surface area contributed by atoms with Crippen molar-refractivity contribution in [1.82, 2.24) is 9.97 Å². The second-order valence-electron chi connectivity index (χ2n) is 6.61. The standard InChI is InChI=1S/C22H23F3N4O/c1-3-6-15-7-5-8-17(13-15)27-20-19(22(23,24)25)14-26-21(29-20)28-16-9-11-18(12-10-16)30-4-2/h5,7-14H,3-4,6H2,1-2H3,(H2,26,27,28,29). The van der Waals surface area contributed by atoms with Crippen LogP contribution in [0.1, 0.15) is 31.4 Å². The van der Waals surface area contributed by atoms with Gasteiger partial charge in [0.05, 0.1) is 6.61 Å². The molecule has 0 bridgehead atoms. The molecule has 1 heterocycles. The summed E-state index contributed by atoms with van der Waals surface area (Å²) in [6.45, 7) is 4.48. The lowest BCUT2D eigenvalue weighted by Gasteiger charge is -2.15. The fraction of sp³-hybridized carbons (Fsp3) is 0.273. The Hall–Kier alpha value is -3.29. The lowest BCUT2D eigenvalue weighted by molar-refractivity contribution is -0.137. The average molecular weight is 416 g/mol. The molecule has 1 aromatic heterocycles. The van der Waals surface area contributed by atoms with Crippen LogP contribution in [0.3, 0.4) is 0 Å². The lowest BCUT2D eigenvalue weighted by Crippen LogP contribution is -2.12. The van der Waals surface area contributed by atoms with E-state index < -0.39 is 11.7 Å². The van der Waals surface area contributed by atoms with Gasteiger partial charge >= 0.3 is 6.18 Å². The van der Waals surface area contributed by atoms with Crippen LogP contribution in [0.25, 0.3) is 0 Å². The molecule has 2 N–H and O–H groups in total. The maximum atomic E-state index is 13.5. The molecule has 0 spiro atoms. The predicted molar refractivity (Wildman–Crippen MR) is 112 cm³/mol. The van der Waals surface area contributed by atoms with Crippen molar-refractivity contribution in [3.63, 3.8) is 0 Å². The molecule has 0 aliphatic carbocycles. The number of hydrogen-bond acceptors (Lipinski definition) is 5. The number of aromatic nitrogens is 2. The van der Waals surface area contributed by atoms with E-state index in [1.165, 1.54) is 0 Å². The van der Waals surface area contributed by atoms with E-state index in [0.717, 1.165) is 24.6 Å². The molecule has 0 aliphatic heterocycles. The highest BCUT2D eigenvalue weighted by atomic mass is 19.4. The summed E-state index contributed by atoms with van der Waals surface area (Å²) in [4.78, 5) is 7.91. The molecule has 0 unspecified atom stereocenters. The molecule has 8 heteroatoms. The van der Waals surface area contributed by atoms with Gasteiger partial charge in [-0.15, -0.1) is 0 Å². The van der Waals surface area contributed by atoms with Crippen molar-refractivity contribution in [3.8, 4) is 5.75 Å². The van der Waals surface area contributed by atoms with Crippen LogP contribution >= 0.6 is 0 Å². The number of hydrogen-bond donors (Lipinski definition) is 2. The number of halogens is 3. The van der Waals surface area contributed by atoms with Gasteiger partial charge in [0, 0.05) is 17.6 Å². The highest BCUT2D eigenvalue weighted by Gasteiger charge is 2.35. The number of alkyl halides is 3. The van der Waals surface area contributed by atoms with Crippen LogP contribution in [0.5, 0.6) is 5.75 Å². The van der Waals surface area contributed by atoms with Gasteiger partial charge in [0.15, 0.2) is 0 Å². The van der Waals surface area contributed by atoms with Gasteiger partial charge in [0.2, 0.25) is 5.95 Å². The number of nitrogens with zero attached hydrogens (tertiary/aromatic N) is 2. The van der Waals surface area contributed by atoms with Gasteiger partial charge < -0.3 is 15.4 Å². The molecule has 0 amide bonds. The molecule has 0 fully saturated rings. The third kappa shape index (κ3) is 5.62. The van der Waals surface area contributed by atoms with Crippen molar-refractivity contribution in [3.05, 3.63) is 65.9 Å². The maximum Gasteiger partial charge on any atom is 0.421 e. The fourth-order valence-electron chi connectivity index (χ4n) is 2.91. The molecular formula is C22H23F3N4O. The highest BCUT2D eigenvalue weighted by Crippen LogP contribution is 2.35. The third-order valence-corrected chi connectivity index (χ3v) is 4.24. The summed E-state index contributed by atoms with van der Waals surface area (Å²) in [6, 6.07) is 14.3. The minimum Gasteiger partial charge on any atom is -0.494 e. The topological polar surface area (TPSA) is 59.1 Å². The quantitative estimate of drug-likeness (QED) is 0.449. The lowest BCUT2D eigenvalue weighted by atomic mass is 10.1. The summed E-state index contributed by atoms with van der Waals surface area (Å²) < 4.78 is 45.8. The smallest absolute Gasteiger partial charge is 0.421 e. The summed E-state index contributed by atoms with van der Waals surface area (Å²) in [5.41, 5.74) is 1.28. The van der Waals surface area contributed by atoms with Crippen LogP contribution in [-0.2, 0) is 12.6 Å². The van der Waals surface area contributed by atoms with E-state index in [0.29, 0.717) is 23.7 Å². The van der Waals surface area contributed by atoms with E-state index in [1.807, 2.05) is 26.0 Å². The number of benzene rings is 2. The van der Waals surface area contributed by atoms with Crippen molar-refractivity contribution in [2.24, 2.45) is 0 Å². The van der Waals surface area contributed by atoms with E-state index in [9.17, 15) is 13.2 Å². The minimum atomic E-state index is -4.58.